The molecular formula is C26H35ClN10O2. The number of hydrogen-bond acceptors (Lipinski definition) is 11. The number of nitrogen functional groups attached to an aromatic ring is 1. The van der Waals surface area contributed by atoms with Crippen molar-refractivity contribution in [2.75, 3.05) is 49.2 Å². The first-order chi connectivity index (χ1) is 18.8. The standard InChI is InChI=1S/C26H35ClN10O2/c1-5-17-14-36(23-16(3)31-20(12-30-23)24-33-34-26(29-4)39-24)15(2)13-37(17)18-8-10-35(11-9-18)25(38)19-6-7-21(27)32-22(19)28/h6-7,12,15,17-18H,5,8-11,13-14H2,1-4H3,(H2,28,32)(H,29,34)/t15-,17+/m1/s1. The zero-order valence-electron chi connectivity index (χ0n) is 22.8. The number of anilines is 3. The first kappa shape index (κ1) is 27.1. The zero-order chi connectivity index (χ0) is 27.7. The number of aromatic nitrogens is 5. The van der Waals surface area contributed by atoms with Gasteiger partial charge in [-0.1, -0.05) is 23.6 Å². The Kier molecular flexibility index (Phi) is 7.85. The fourth-order valence-corrected chi connectivity index (χ4v) is 5.81. The maximum absolute atomic E-state index is 13.1. The van der Waals surface area contributed by atoms with Crippen molar-refractivity contribution < 1.29 is 9.21 Å². The number of aryl methyl sites for hydroxylation is 1. The number of hydrogen-bond donors (Lipinski definition) is 2. The Morgan fingerprint density at radius 3 is 2.62 bits per heavy atom. The lowest BCUT2D eigenvalue weighted by atomic mass is 9.96. The summed E-state index contributed by atoms with van der Waals surface area (Å²) in [5.41, 5.74) is 7.76. The van der Waals surface area contributed by atoms with Gasteiger partial charge in [-0.15, -0.1) is 5.10 Å². The van der Waals surface area contributed by atoms with E-state index in [2.05, 4.69) is 44.1 Å². The molecule has 0 aliphatic carbocycles. The molecule has 0 spiro atoms. The largest absolute Gasteiger partial charge is 0.402 e. The summed E-state index contributed by atoms with van der Waals surface area (Å²) in [6.07, 6.45) is 4.56. The zero-order valence-corrected chi connectivity index (χ0v) is 23.5. The van der Waals surface area contributed by atoms with E-state index in [9.17, 15) is 4.79 Å². The van der Waals surface area contributed by atoms with Crippen molar-refractivity contribution in [2.45, 2.75) is 58.2 Å². The number of nitrogens with zero attached hydrogens (tertiary/aromatic N) is 8. The highest BCUT2D eigenvalue weighted by Crippen LogP contribution is 2.31. The van der Waals surface area contributed by atoms with E-state index in [0.717, 1.165) is 43.9 Å². The molecule has 2 atom stereocenters. The molecule has 12 nitrogen and oxygen atoms in total. The Hall–Kier alpha value is -3.51. The predicted molar refractivity (Wildman–Crippen MR) is 150 cm³/mol. The van der Waals surface area contributed by atoms with Gasteiger partial charge in [0.15, 0.2) is 0 Å². The lowest BCUT2D eigenvalue weighted by Crippen LogP contribution is -2.62. The summed E-state index contributed by atoms with van der Waals surface area (Å²) in [6, 6.07) is 4.65. The summed E-state index contributed by atoms with van der Waals surface area (Å²) in [6.45, 7) is 9.60. The van der Waals surface area contributed by atoms with Crippen LogP contribution in [0.1, 0.15) is 49.2 Å². The number of pyridine rings is 1. The van der Waals surface area contributed by atoms with Gasteiger partial charge in [-0.3, -0.25) is 9.69 Å². The summed E-state index contributed by atoms with van der Waals surface area (Å²) in [5.74, 6) is 1.32. The molecule has 2 aliphatic heterocycles. The molecule has 2 saturated heterocycles. The lowest BCUT2D eigenvalue weighted by Gasteiger charge is -2.50. The molecule has 2 fully saturated rings. The van der Waals surface area contributed by atoms with Crippen LogP contribution < -0.4 is 16.0 Å². The van der Waals surface area contributed by atoms with Crippen molar-refractivity contribution in [1.82, 2.24) is 34.9 Å². The van der Waals surface area contributed by atoms with Crippen molar-refractivity contribution in [3.05, 3.63) is 34.7 Å². The summed E-state index contributed by atoms with van der Waals surface area (Å²) in [5, 5.41) is 11.1. The smallest absolute Gasteiger partial charge is 0.315 e. The van der Waals surface area contributed by atoms with Gasteiger partial charge in [0, 0.05) is 51.4 Å². The molecule has 5 heterocycles. The van der Waals surface area contributed by atoms with Gasteiger partial charge in [0.25, 0.3) is 11.8 Å². The maximum Gasteiger partial charge on any atom is 0.315 e. The van der Waals surface area contributed by atoms with E-state index in [1.54, 1.807) is 25.4 Å². The molecule has 0 saturated carbocycles. The molecule has 0 aromatic carbocycles. The van der Waals surface area contributed by atoms with Crippen LogP contribution in [0.4, 0.5) is 17.7 Å². The van der Waals surface area contributed by atoms with Gasteiger partial charge in [-0.05, 0) is 45.2 Å². The molecule has 0 unspecified atom stereocenters. The number of nitrogens with one attached hydrogen (secondary N) is 1. The minimum atomic E-state index is -0.0828. The second-order valence-electron chi connectivity index (χ2n) is 10.2. The third kappa shape index (κ3) is 5.48. The minimum absolute atomic E-state index is 0.0828. The minimum Gasteiger partial charge on any atom is -0.402 e. The monoisotopic (exact) mass is 554 g/mol. The fourth-order valence-electron chi connectivity index (χ4n) is 5.66. The van der Waals surface area contributed by atoms with Crippen LogP contribution in [0.15, 0.2) is 22.7 Å². The number of carbonyl (C=O) groups excluding carboxylic acids is 1. The van der Waals surface area contributed by atoms with Crippen molar-refractivity contribution in [3.8, 4) is 11.6 Å². The van der Waals surface area contributed by atoms with Crippen LogP contribution in [0.2, 0.25) is 5.15 Å². The second-order valence-corrected chi connectivity index (χ2v) is 10.6. The van der Waals surface area contributed by atoms with Gasteiger partial charge in [-0.2, -0.15) is 0 Å². The van der Waals surface area contributed by atoms with Crippen molar-refractivity contribution in [2.24, 2.45) is 0 Å². The number of nitrogens with two attached hydrogens (primary N) is 1. The van der Waals surface area contributed by atoms with Crippen molar-refractivity contribution in [3.63, 3.8) is 0 Å². The Morgan fingerprint density at radius 1 is 1.21 bits per heavy atom. The maximum atomic E-state index is 13.1. The highest BCUT2D eigenvalue weighted by molar-refractivity contribution is 6.29. The van der Waals surface area contributed by atoms with E-state index >= 15 is 0 Å². The van der Waals surface area contributed by atoms with Crippen LogP contribution in [0.3, 0.4) is 0 Å². The molecule has 3 aromatic rings. The van der Waals surface area contributed by atoms with E-state index in [-0.39, 0.29) is 22.9 Å². The molecule has 39 heavy (non-hydrogen) atoms. The van der Waals surface area contributed by atoms with Crippen LogP contribution >= 0.6 is 11.6 Å². The molecule has 13 heteroatoms. The number of piperidine rings is 1. The van der Waals surface area contributed by atoms with Gasteiger partial charge in [0.05, 0.1) is 17.5 Å². The average molecular weight is 555 g/mol. The van der Waals surface area contributed by atoms with Crippen LogP contribution in [-0.4, -0.2) is 92.2 Å². The molecule has 0 bridgehead atoms. The average Bonchev–Trinajstić information content (AvgIpc) is 3.42. The van der Waals surface area contributed by atoms with Crippen LogP contribution in [0, 0.1) is 6.92 Å². The summed E-state index contributed by atoms with van der Waals surface area (Å²) < 4.78 is 5.56. The Bertz CT molecular complexity index is 1330. The molecule has 3 aromatic heterocycles. The molecule has 208 valence electrons. The van der Waals surface area contributed by atoms with Crippen LogP contribution in [0.25, 0.3) is 11.6 Å². The number of piperazine rings is 1. The van der Waals surface area contributed by atoms with Gasteiger partial charge >= 0.3 is 6.01 Å². The van der Waals surface area contributed by atoms with Gasteiger partial charge in [-0.25, -0.2) is 15.0 Å². The second kappa shape index (κ2) is 11.3. The third-order valence-corrected chi connectivity index (χ3v) is 7.96. The molecule has 3 N–H and O–H groups in total. The molecule has 0 radical (unpaired) electrons. The van der Waals surface area contributed by atoms with Gasteiger partial charge < -0.3 is 25.3 Å². The number of amides is 1. The highest BCUT2D eigenvalue weighted by Gasteiger charge is 2.38. The Morgan fingerprint density at radius 2 is 1.97 bits per heavy atom. The predicted octanol–water partition coefficient (Wildman–Crippen LogP) is 3.10. The molecule has 1 amide bonds. The van der Waals surface area contributed by atoms with E-state index in [4.69, 9.17) is 31.7 Å². The third-order valence-electron chi connectivity index (χ3n) is 7.75. The van der Waals surface area contributed by atoms with E-state index in [1.165, 1.54) is 0 Å². The van der Waals surface area contributed by atoms with E-state index in [0.29, 0.717) is 48.3 Å². The summed E-state index contributed by atoms with van der Waals surface area (Å²) >= 11 is 5.90. The highest BCUT2D eigenvalue weighted by atomic mass is 35.5. The summed E-state index contributed by atoms with van der Waals surface area (Å²) in [4.78, 5) is 33.5. The molecule has 2 aliphatic rings. The number of likely N-dealkylation sites (tertiary alicyclic amines) is 1. The van der Waals surface area contributed by atoms with Crippen molar-refractivity contribution >= 4 is 35.2 Å². The van der Waals surface area contributed by atoms with Crippen LogP contribution in [-0.2, 0) is 0 Å². The topological polar surface area (TPSA) is 142 Å². The first-order valence-electron chi connectivity index (χ1n) is 13.4. The van der Waals surface area contributed by atoms with Gasteiger partial charge in [0.2, 0.25) is 0 Å². The lowest BCUT2D eigenvalue weighted by molar-refractivity contribution is 0.0435. The SMILES string of the molecule is CC[C@H]1CN(c2ncc(-c3nnc(NC)o3)nc2C)[C@H](C)CN1C1CCN(C(=O)c2ccc(Cl)nc2N)CC1. The molecular weight excluding hydrogens is 520 g/mol. The number of halogens is 1. The fraction of sp³-hybridized carbons (Fsp3) is 0.538. The number of rotatable bonds is 6. The van der Waals surface area contributed by atoms with E-state index in [1.807, 2.05) is 11.8 Å². The number of carbonyl (C=O) groups is 1. The van der Waals surface area contributed by atoms with Crippen molar-refractivity contribution in [1.29, 1.82) is 0 Å². The summed E-state index contributed by atoms with van der Waals surface area (Å²) in [7, 11) is 1.72. The normalized spacial score (nSPS) is 20.8. The first-order valence-corrected chi connectivity index (χ1v) is 13.8. The quantitative estimate of drug-likeness (QED) is 0.434. The Labute approximate surface area is 233 Å². The Balaban J connectivity index is 1.24. The van der Waals surface area contributed by atoms with E-state index < -0.39 is 0 Å². The van der Waals surface area contributed by atoms with Gasteiger partial charge in [0.1, 0.15) is 22.5 Å². The molecule has 5 rings (SSSR count). The van der Waals surface area contributed by atoms with Crippen LogP contribution in [0.5, 0.6) is 0 Å².